The van der Waals surface area contributed by atoms with Crippen molar-refractivity contribution in [2.75, 3.05) is 13.2 Å². The number of halogens is 1. The zero-order valence-electron chi connectivity index (χ0n) is 11.8. The maximum atomic E-state index is 13.2. The minimum Gasteiger partial charge on any atom is -0.394 e. The van der Waals surface area contributed by atoms with Crippen LogP contribution in [0.5, 0.6) is 0 Å². The van der Waals surface area contributed by atoms with E-state index < -0.39 is 12.1 Å². The van der Waals surface area contributed by atoms with Crippen LogP contribution in [0.15, 0.2) is 36.5 Å². The van der Waals surface area contributed by atoms with Crippen LogP contribution in [0.4, 0.5) is 4.39 Å². The van der Waals surface area contributed by atoms with E-state index >= 15 is 0 Å². The number of benzene rings is 1. The van der Waals surface area contributed by atoms with E-state index in [1.54, 1.807) is 18.3 Å². The Morgan fingerprint density at radius 3 is 2.95 bits per heavy atom. The molecule has 1 saturated heterocycles. The molecule has 0 unspecified atom stereocenters. The van der Waals surface area contributed by atoms with E-state index in [1.165, 1.54) is 27.8 Å². The number of carbonyl (C=O) groups excluding carboxylic acids is 1. The topological polar surface area (TPSA) is 78.6 Å². The van der Waals surface area contributed by atoms with Gasteiger partial charge >= 0.3 is 0 Å². The Balaban J connectivity index is 1.83. The van der Waals surface area contributed by atoms with Crippen LogP contribution in [0.1, 0.15) is 16.9 Å². The molecule has 1 aromatic carbocycles. The molecule has 1 aliphatic rings. The quantitative estimate of drug-likeness (QED) is 0.869. The summed E-state index contributed by atoms with van der Waals surface area (Å²) in [6, 6.07) is 7.02. The smallest absolute Gasteiger partial charge is 0.274 e. The Morgan fingerprint density at radius 1 is 1.41 bits per heavy atom. The van der Waals surface area contributed by atoms with Crippen LogP contribution in [-0.2, 0) is 0 Å². The highest BCUT2D eigenvalue weighted by molar-refractivity contribution is 5.92. The number of aromatic nitrogens is 2. The number of rotatable bonds is 3. The lowest BCUT2D eigenvalue weighted by molar-refractivity contribution is 0.0658. The van der Waals surface area contributed by atoms with Crippen molar-refractivity contribution >= 4 is 5.91 Å². The first-order chi connectivity index (χ1) is 10.6. The molecule has 0 spiro atoms. The van der Waals surface area contributed by atoms with Gasteiger partial charge in [0, 0.05) is 12.7 Å². The van der Waals surface area contributed by atoms with E-state index in [2.05, 4.69) is 5.10 Å². The van der Waals surface area contributed by atoms with Gasteiger partial charge in [-0.1, -0.05) is 6.07 Å². The van der Waals surface area contributed by atoms with Crippen molar-refractivity contribution in [3.63, 3.8) is 0 Å². The molecule has 2 aromatic rings. The summed E-state index contributed by atoms with van der Waals surface area (Å²) in [6.45, 7) is -0.0235. The third-order valence-corrected chi connectivity index (χ3v) is 3.74. The molecule has 6 nitrogen and oxygen atoms in total. The molecular weight excluding hydrogens is 289 g/mol. The standard InChI is InChI=1S/C15H16FN3O3/c16-10-2-1-3-11(6-10)19-5-4-14(17-19)15(22)18-8-13(21)7-12(18)9-20/h1-6,12-13,20-21H,7-9H2/t12-,13+/m0/s1. The second-order valence-electron chi connectivity index (χ2n) is 5.31. The van der Waals surface area contributed by atoms with E-state index in [-0.39, 0.29) is 30.6 Å². The van der Waals surface area contributed by atoms with Gasteiger partial charge in [-0.3, -0.25) is 4.79 Å². The number of nitrogens with zero attached hydrogens (tertiary/aromatic N) is 3. The number of carbonyl (C=O) groups is 1. The third kappa shape index (κ3) is 2.72. The minimum atomic E-state index is -0.633. The summed E-state index contributed by atoms with van der Waals surface area (Å²) in [4.78, 5) is 13.8. The Kier molecular flexibility index (Phi) is 3.91. The normalized spacial score (nSPS) is 21.3. The van der Waals surface area contributed by atoms with E-state index in [9.17, 15) is 19.4 Å². The van der Waals surface area contributed by atoms with E-state index in [1.807, 2.05) is 0 Å². The van der Waals surface area contributed by atoms with Gasteiger partial charge in [-0.15, -0.1) is 0 Å². The van der Waals surface area contributed by atoms with Crippen LogP contribution in [0.25, 0.3) is 5.69 Å². The number of amides is 1. The van der Waals surface area contributed by atoms with Gasteiger partial charge in [-0.25, -0.2) is 9.07 Å². The number of aliphatic hydroxyl groups excluding tert-OH is 2. The summed E-state index contributed by atoms with van der Waals surface area (Å²) in [6.07, 6.45) is 1.29. The van der Waals surface area contributed by atoms with Crippen molar-refractivity contribution in [3.05, 3.63) is 48.0 Å². The molecule has 0 aliphatic carbocycles. The number of hydrogen-bond donors (Lipinski definition) is 2. The Bertz CT molecular complexity index is 688. The summed E-state index contributed by atoms with van der Waals surface area (Å²) >= 11 is 0. The molecule has 22 heavy (non-hydrogen) atoms. The van der Waals surface area contributed by atoms with Crippen LogP contribution in [-0.4, -0.2) is 56.1 Å². The number of β-amino-alcohol motifs (C(OH)–C–C–N with tert-alkyl or cyclic N) is 1. The monoisotopic (exact) mass is 305 g/mol. The van der Waals surface area contributed by atoms with E-state index in [0.717, 1.165) is 0 Å². The fourth-order valence-corrected chi connectivity index (χ4v) is 2.66. The molecule has 0 radical (unpaired) electrons. The minimum absolute atomic E-state index is 0.177. The molecule has 2 N–H and O–H groups in total. The molecular formula is C15H16FN3O3. The van der Waals surface area contributed by atoms with Crippen molar-refractivity contribution in [2.45, 2.75) is 18.6 Å². The summed E-state index contributed by atoms with van der Waals surface area (Å²) in [5.41, 5.74) is 0.705. The maximum absolute atomic E-state index is 13.2. The maximum Gasteiger partial charge on any atom is 0.274 e. The van der Waals surface area contributed by atoms with Crippen molar-refractivity contribution in [1.82, 2.24) is 14.7 Å². The second-order valence-corrected chi connectivity index (χ2v) is 5.31. The van der Waals surface area contributed by atoms with Crippen molar-refractivity contribution < 1.29 is 19.4 Å². The molecule has 0 saturated carbocycles. The largest absolute Gasteiger partial charge is 0.394 e. The molecule has 7 heteroatoms. The SMILES string of the molecule is O=C(c1ccn(-c2cccc(F)c2)n1)N1C[C@H](O)C[C@H]1CO. The Labute approximate surface area is 126 Å². The van der Waals surface area contributed by atoms with Gasteiger partial charge < -0.3 is 15.1 Å². The lowest BCUT2D eigenvalue weighted by Crippen LogP contribution is -2.38. The first kappa shape index (κ1) is 14.7. The number of hydrogen-bond acceptors (Lipinski definition) is 4. The summed E-state index contributed by atoms with van der Waals surface area (Å²) < 4.78 is 14.6. The molecule has 2 heterocycles. The fourth-order valence-electron chi connectivity index (χ4n) is 2.66. The second kappa shape index (κ2) is 5.86. The van der Waals surface area contributed by atoms with Gasteiger partial charge in [0.05, 0.1) is 24.4 Å². The van der Waals surface area contributed by atoms with Crippen LogP contribution in [0.3, 0.4) is 0 Å². The first-order valence-electron chi connectivity index (χ1n) is 7.00. The van der Waals surface area contributed by atoms with Crippen LogP contribution < -0.4 is 0 Å². The molecule has 1 aliphatic heterocycles. The molecule has 3 rings (SSSR count). The fraction of sp³-hybridized carbons (Fsp3) is 0.333. The molecule has 1 fully saturated rings. The number of likely N-dealkylation sites (tertiary alicyclic amines) is 1. The van der Waals surface area contributed by atoms with Gasteiger partial charge in [0.2, 0.25) is 0 Å². The van der Waals surface area contributed by atoms with Gasteiger partial charge in [-0.05, 0) is 30.7 Å². The Hall–Kier alpha value is -2.25. The zero-order valence-corrected chi connectivity index (χ0v) is 11.8. The van der Waals surface area contributed by atoms with Crippen LogP contribution in [0, 0.1) is 5.82 Å². The highest BCUT2D eigenvalue weighted by atomic mass is 19.1. The first-order valence-corrected chi connectivity index (χ1v) is 7.00. The zero-order chi connectivity index (χ0) is 15.7. The van der Waals surface area contributed by atoms with Gasteiger partial charge in [0.15, 0.2) is 5.69 Å². The molecule has 1 aromatic heterocycles. The highest BCUT2D eigenvalue weighted by Gasteiger charge is 2.35. The van der Waals surface area contributed by atoms with Gasteiger partial charge in [0.25, 0.3) is 5.91 Å². The Morgan fingerprint density at radius 2 is 2.23 bits per heavy atom. The summed E-state index contributed by atoms with van der Waals surface area (Å²) in [7, 11) is 0. The highest BCUT2D eigenvalue weighted by Crippen LogP contribution is 2.20. The lowest BCUT2D eigenvalue weighted by Gasteiger charge is -2.21. The van der Waals surface area contributed by atoms with E-state index in [4.69, 9.17) is 0 Å². The predicted molar refractivity (Wildman–Crippen MR) is 76.1 cm³/mol. The average Bonchev–Trinajstić information content (AvgIpc) is 3.13. The molecule has 2 atom stereocenters. The van der Waals surface area contributed by atoms with Crippen LogP contribution >= 0.6 is 0 Å². The van der Waals surface area contributed by atoms with Crippen LogP contribution in [0.2, 0.25) is 0 Å². The lowest BCUT2D eigenvalue weighted by atomic mass is 10.2. The van der Waals surface area contributed by atoms with Crippen molar-refractivity contribution in [2.24, 2.45) is 0 Å². The summed E-state index contributed by atoms with van der Waals surface area (Å²) in [5, 5.41) is 23.1. The predicted octanol–water partition coefficient (Wildman–Crippen LogP) is 0.579. The molecule has 116 valence electrons. The summed E-state index contributed by atoms with van der Waals surface area (Å²) in [5.74, 6) is -0.741. The third-order valence-electron chi connectivity index (χ3n) is 3.74. The van der Waals surface area contributed by atoms with Crippen molar-refractivity contribution in [3.8, 4) is 5.69 Å². The van der Waals surface area contributed by atoms with Crippen molar-refractivity contribution in [1.29, 1.82) is 0 Å². The molecule has 1 amide bonds. The average molecular weight is 305 g/mol. The molecule has 0 bridgehead atoms. The number of aliphatic hydroxyl groups is 2. The van der Waals surface area contributed by atoms with E-state index in [0.29, 0.717) is 12.1 Å². The van der Waals surface area contributed by atoms with Gasteiger partial charge in [-0.2, -0.15) is 5.10 Å². The van der Waals surface area contributed by atoms with Gasteiger partial charge in [0.1, 0.15) is 5.82 Å².